The molecule has 1 heterocycles. The Hall–Kier alpha value is -1.74. The number of aromatic nitrogens is 1. The molecule has 0 aliphatic carbocycles. The predicted molar refractivity (Wildman–Crippen MR) is 73.9 cm³/mol. The van der Waals surface area contributed by atoms with Crippen molar-refractivity contribution < 1.29 is 4.74 Å². The molecule has 4 heteroatoms. The van der Waals surface area contributed by atoms with Crippen molar-refractivity contribution >= 4 is 17.3 Å². The third-order valence-electron chi connectivity index (χ3n) is 2.68. The molecule has 0 saturated heterocycles. The second-order valence-corrected chi connectivity index (χ2v) is 4.66. The largest absolute Gasteiger partial charge is 0.486 e. The van der Waals surface area contributed by atoms with Crippen LogP contribution < -0.4 is 10.5 Å². The summed E-state index contributed by atoms with van der Waals surface area (Å²) in [7, 11) is 0. The summed E-state index contributed by atoms with van der Waals surface area (Å²) >= 11 is 6.02. The van der Waals surface area contributed by atoms with Gasteiger partial charge in [-0.15, -0.1) is 0 Å². The molecule has 2 rings (SSSR count). The summed E-state index contributed by atoms with van der Waals surface area (Å²) in [6.07, 6.45) is 3.29. The molecule has 0 aliphatic heterocycles. The zero-order chi connectivity index (χ0) is 13.1. The van der Waals surface area contributed by atoms with Crippen molar-refractivity contribution in [3.05, 3.63) is 52.3 Å². The van der Waals surface area contributed by atoms with Crippen molar-refractivity contribution in [2.75, 3.05) is 5.73 Å². The predicted octanol–water partition coefficient (Wildman–Crippen LogP) is 3.51. The quantitative estimate of drug-likeness (QED) is 0.861. The number of hydrogen-bond donors (Lipinski definition) is 1. The maximum absolute atomic E-state index is 6.02. The molecule has 0 bridgehead atoms. The molecule has 1 aromatic heterocycles. The minimum atomic E-state index is 0.384. The van der Waals surface area contributed by atoms with Crippen molar-refractivity contribution in [2.24, 2.45) is 0 Å². The summed E-state index contributed by atoms with van der Waals surface area (Å²) in [5.41, 5.74) is 9.65. The third-order valence-corrected chi connectivity index (χ3v) is 3.02. The second-order valence-electron chi connectivity index (χ2n) is 4.26. The number of hydrogen-bond acceptors (Lipinski definition) is 3. The van der Waals surface area contributed by atoms with Crippen LogP contribution >= 0.6 is 11.6 Å². The van der Waals surface area contributed by atoms with Crippen LogP contribution in [0.1, 0.15) is 16.7 Å². The van der Waals surface area contributed by atoms with Gasteiger partial charge < -0.3 is 10.5 Å². The third kappa shape index (κ3) is 2.74. The molecule has 0 unspecified atom stereocenters. The van der Waals surface area contributed by atoms with Gasteiger partial charge >= 0.3 is 0 Å². The van der Waals surface area contributed by atoms with E-state index in [1.807, 2.05) is 32.0 Å². The maximum Gasteiger partial charge on any atom is 0.145 e. The van der Waals surface area contributed by atoms with Gasteiger partial charge in [-0.1, -0.05) is 17.7 Å². The highest BCUT2D eigenvalue weighted by atomic mass is 35.5. The molecule has 18 heavy (non-hydrogen) atoms. The number of rotatable bonds is 3. The topological polar surface area (TPSA) is 48.1 Å². The molecule has 0 saturated carbocycles. The van der Waals surface area contributed by atoms with Crippen LogP contribution in [0.4, 0.5) is 5.69 Å². The summed E-state index contributed by atoms with van der Waals surface area (Å²) in [5.74, 6) is 0.716. The standard InChI is InChI=1S/C14H15ClN2O/c1-9-5-10(2)14(13(16)6-9)18-8-11-3-4-17-7-12(11)15/h3-7H,8,16H2,1-2H3. The minimum Gasteiger partial charge on any atom is -0.486 e. The van der Waals surface area contributed by atoms with Gasteiger partial charge in [-0.2, -0.15) is 0 Å². The first-order valence-electron chi connectivity index (χ1n) is 5.66. The molecule has 1 aromatic carbocycles. The van der Waals surface area contributed by atoms with Crippen molar-refractivity contribution in [3.63, 3.8) is 0 Å². The van der Waals surface area contributed by atoms with E-state index in [0.717, 1.165) is 16.7 Å². The Morgan fingerprint density at radius 2 is 2.11 bits per heavy atom. The minimum absolute atomic E-state index is 0.384. The van der Waals surface area contributed by atoms with Gasteiger partial charge in [0.05, 0.1) is 10.7 Å². The first-order chi connectivity index (χ1) is 8.58. The number of pyridine rings is 1. The summed E-state index contributed by atoms with van der Waals surface area (Å²) in [6.45, 7) is 4.37. The highest BCUT2D eigenvalue weighted by Gasteiger charge is 2.07. The van der Waals surface area contributed by atoms with E-state index in [1.54, 1.807) is 12.4 Å². The number of aryl methyl sites for hydroxylation is 2. The number of nitrogens with two attached hydrogens (primary N) is 1. The number of anilines is 1. The zero-order valence-electron chi connectivity index (χ0n) is 10.4. The molecule has 0 aliphatic rings. The smallest absolute Gasteiger partial charge is 0.145 e. The number of ether oxygens (including phenoxy) is 1. The maximum atomic E-state index is 6.02. The van der Waals surface area contributed by atoms with E-state index in [0.29, 0.717) is 23.1 Å². The molecule has 0 radical (unpaired) electrons. The van der Waals surface area contributed by atoms with Gasteiger partial charge in [-0.3, -0.25) is 4.98 Å². The van der Waals surface area contributed by atoms with E-state index in [-0.39, 0.29) is 0 Å². The average Bonchev–Trinajstić information content (AvgIpc) is 2.30. The fraction of sp³-hybridized carbons (Fsp3) is 0.214. The lowest BCUT2D eigenvalue weighted by atomic mass is 10.1. The van der Waals surface area contributed by atoms with Crippen molar-refractivity contribution in [1.29, 1.82) is 0 Å². The van der Waals surface area contributed by atoms with Crippen LogP contribution in [0, 0.1) is 13.8 Å². The normalized spacial score (nSPS) is 10.4. The Labute approximate surface area is 112 Å². The number of halogens is 1. The van der Waals surface area contributed by atoms with Gasteiger partial charge in [0, 0.05) is 18.0 Å². The molecule has 0 atom stereocenters. The molecule has 3 nitrogen and oxygen atoms in total. The first-order valence-corrected chi connectivity index (χ1v) is 6.03. The Balaban J connectivity index is 2.19. The van der Waals surface area contributed by atoms with Crippen molar-refractivity contribution in [1.82, 2.24) is 4.98 Å². The number of nitrogens with zero attached hydrogens (tertiary/aromatic N) is 1. The molecule has 2 aromatic rings. The van der Waals surface area contributed by atoms with Gasteiger partial charge in [-0.05, 0) is 37.1 Å². The molecule has 2 N–H and O–H groups in total. The van der Waals surface area contributed by atoms with Crippen LogP contribution in [0.2, 0.25) is 5.02 Å². The lowest BCUT2D eigenvalue weighted by Crippen LogP contribution is -2.02. The van der Waals surface area contributed by atoms with Gasteiger partial charge in [0.25, 0.3) is 0 Å². The van der Waals surface area contributed by atoms with Crippen molar-refractivity contribution in [2.45, 2.75) is 20.5 Å². The Morgan fingerprint density at radius 3 is 2.78 bits per heavy atom. The van der Waals surface area contributed by atoms with E-state index in [4.69, 9.17) is 22.1 Å². The Morgan fingerprint density at radius 1 is 1.33 bits per heavy atom. The monoisotopic (exact) mass is 262 g/mol. The van der Waals surface area contributed by atoms with Crippen molar-refractivity contribution in [3.8, 4) is 5.75 Å². The number of nitrogen functional groups attached to an aromatic ring is 1. The van der Waals surface area contributed by atoms with Crippen LogP contribution in [0.5, 0.6) is 5.75 Å². The fourth-order valence-corrected chi connectivity index (χ4v) is 2.03. The lowest BCUT2D eigenvalue weighted by Gasteiger charge is -2.13. The van der Waals surface area contributed by atoms with Crippen LogP contribution in [-0.2, 0) is 6.61 Å². The molecule has 0 spiro atoms. The van der Waals surface area contributed by atoms with Gasteiger partial charge in [-0.25, -0.2) is 0 Å². The van der Waals surface area contributed by atoms with E-state index in [2.05, 4.69) is 4.98 Å². The van der Waals surface area contributed by atoms with Gasteiger partial charge in [0.1, 0.15) is 12.4 Å². The van der Waals surface area contributed by atoms with Crippen LogP contribution in [0.25, 0.3) is 0 Å². The summed E-state index contributed by atoms with van der Waals surface area (Å²) in [6, 6.07) is 5.78. The highest BCUT2D eigenvalue weighted by Crippen LogP contribution is 2.28. The molecule has 0 fully saturated rings. The van der Waals surface area contributed by atoms with Crippen LogP contribution in [0.3, 0.4) is 0 Å². The summed E-state index contributed by atoms with van der Waals surface area (Å²) < 4.78 is 5.75. The zero-order valence-corrected chi connectivity index (χ0v) is 11.2. The number of benzene rings is 1. The van der Waals surface area contributed by atoms with E-state index in [1.165, 1.54) is 0 Å². The first kappa shape index (κ1) is 12.7. The van der Waals surface area contributed by atoms with Crippen LogP contribution in [0.15, 0.2) is 30.6 Å². The highest BCUT2D eigenvalue weighted by molar-refractivity contribution is 6.31. The molecule has 0 amide bonds. The van der Waals surface area contributed by atoms with Gasteiger partial charge in [0.2, 0.25) is 0 Å². The van der Waals surface area contributed by atoms with E-state index >= 15 is 0 Å². The SMILES string of the molecule is Cc1cc(C)c(OCc2ccncc2Cl)c(N)c1. The Bertz CT molecular complexity index is 546. The van der Waals surface area contributed by atoms with Gasteiger partial charge in [0.15, 0.2) is 0 Å². The molecular weight excluding hydrogens is 248 g/mol. The van der Waals surface area contributed by atoms with E-state index < -0.39 is 0 Å². The lowest BCUT2D eigenvalue weighted by molar-refractivity contribution is 0.306. The second kappa shape index (κ2) is 5.27. The fourth-order valence-electron chi connectivity index (χ4n) is 1.86. The average molecular weight is 263 g/mol. The molecule has 94 valence electrons. The summed E-state index contributed by atoms with van der Waals surface area (Å²) in [5, 5.41) is 0.598. The molecular formula is C14H15ClN2O. The Kier molecular flexibility index (Phi) is 3.72. The summed E-state index contributed by atoms with van der Waals surface area (Å²) in [4.78, 5) is 3.93. The van der Waals surface area contributed by atoms with Crippen LogP contribution in [-0.4, -0.2) is 4.98 Å². The van der Waals surface area contributed by atoms with E-state index in [9.17, 15) is 0 Å².